The molecule has 3 nitrogen and oxygen atoms in total. The summed E-state index contributed by atoms with van der Waals surface area (Å²) in [5, 5.41) is 3.32. The van der Waals surface area contributed by atoms with E-state index in [4.69, 9.17) is 10.5 Å². The number of hydrogen-bond donors (Lipinski definition) is 2. The van der Waals surface area contributed by atoms with Crippen LogP contribution in [0.5, 0.6) is 5.75 Å². The maximum atomic E-state index is 6.28. The Hall–Kier alpha value is -1.06. The van der Waals surface area contributed by atoms with Crippen LogP contribution in [0, 0.1) is 20.8 Å². The lowest BCUT2D eigenvalue weighted by molar-refractivity contribution is 0.344. The molecule has 0 aliphatic heterocycles. The number of methoxy groups -OCH3 is 1. The van der Waals surface area contributed by atoms with Crippen molar-refractivity contribution in [2.24, 2.45) is 5.73 Å². The van der Waals surface area contributed by atoms with E-state index in [1.54, 1.807) is 7.11 Å². The van der Waals surface area contributed by atoms with Gasteiger partial charge in [-0.25, -0.2) is 0 Å². The molecule has 0 bridgehead atoms. The number of likely N-dealkylation sites (N-methyl/N-ethyl adjacent to an activating group) is 1. The molecular weight excluding hydrogens is 224 g/mol. The highest BCUT2D eigenvalue weighted by Gasteiger charge is 2.30. The number of rotatable bonds is 4. The molecule has 1 aromatic rings. The van der Waals surface area contributed by atoms with Gasteiger partial charge < -0.3 is 15.8 Å². The van der Waals surface area contributed by atoms with Gasteiger partial charge in [0.25, 0.3) is 0 Å². The summed E-state index contributed by atoms with van der Waals surface area (Å²) in [6, 6.07) is 2.26. The van der Waals surface area contributed by atoms with Gasteiger partial charge >= 0.3 is 0 Å². The number of nitrogens with one attached hydrogen (secondary N) is 1. The van der Waals surface area contributed by atoms with Crippen LogP contribution in [0.1, 0.15) is 42.1 Å². The van der Waals surface area contributed by atoms with Crippen molar-refractivity contribution in [3.05, 3.63) is 28.3 Å². The zero-order valence-electron chi connectivity index (χ0n) is 12.6. The second-order valence-electron chi connectivity index (χ2n) is 5.63. The summed E-state index contributed by atoms with van der Waals surface area (Å²) in [7, 11) is 3.66. The van der Waals surface area contributed by atoms with Crippen LogP contribution in [0.15, 0.2) is 6.07 Å². The van der Waals surface area contributed by atoms with Gasteiger partial charge in [-0.3, -0.25) is 0 Å². The van der Waals surface area contributed by atoms with Crippen LogP contribution >= 0.6 is 0 Å². The van der Waals surface area contributed by atoms with Crippen molar-refractivity contribution in [1.29, 1.82) is 0 Å². The molecule has 0 heterocycles. The lowest BCUT2D eigenvalue weighted by Crippen LogP contribution is -2.45. The Kier molecular flexibility index (Phi) is 4.41. The molecule has 102 valence electrons. The van der Waals surface area contributed by atoms with Crippen molar-refractivity contribution in [3.8, 4) is 5.75 Å². The average Bonchev–Trinajstić information content (AvgIpc) is 2.24. The first kappa shape index (κ1) is 15.0. The average molecular weight is 250 g/mol. The smallest absolute Gasteiger partial charge is 0.127 e. The minimum absolute atomic E-state index is 0.0618. The third-order valence-electron chi connectivity index (χ3n) is 3.56. The summed E-state index contributed by atoms with van der Waals surface area (Å²) in [6.07, 6.45) is 0. The number of aryl methyl sites for hydroxylation is 2. The highest BCUT2D eigenvalue weighted by atomic mass is 16.5. The Morgan fingerprint density at radius 2 is 1.78 bits per heavy atom. The van der Waals surface area contributed by atoms with Gasteiger partial charge in [-0.2, -0.15) is 0 Å². The molecule has 18 heavy (non-hydrogen) atoms. The monoisotopic (exact) mass is 250 g/mol. The van der Waals surface area contributed by atoms with Crippen molar-refractivity contribution >= 4 is 0 Å². The van der Waals surface area contributed by atoms with Gasteiger partial charge in [-0.1, -0.05) is 6.07 Å². The highest BCUT2D eigenvalue weighted by molar-refractivity contribution is 5.52. The fraction of sp³-hybridized carbons (Fsp3) is 0.600. The van der Waals surface area contributed by atoms with Crippen LogP contribution in [0.3, 0.4) is 0 Å². The fourth-order valence-electron chi connectivity index (χ4n) is 2.58. The molecule has 0 amide bonds. The predicted octanol–water partition coefficient (Wildman–Crippen LogP) is 2.62. The second-order valence-corrected chi connectivity index (χ2v) is 5.63. The van der Waals surface area contributed by atoms with E-state index in [2.05, 4.69) is 32.2 Å². The third-order valence-corrected chi connectivity index (χ3v) is 3.56. The quantitative estimate of drug-likeness (QED) is 0.863. The topological polar surface area (TPSA) is 47.3 Å². The zero-order chi connectivity index (χ0) is 14.1. The number of benzene rings is 1. The highest BCUT2D eigenvalue weighted by Crippen LogP contribution is 2.37. The molecule has 1 aromatic carbocycles. The molecule has 0 spiro atoms. The molecule has 1 rings (SSSR count). The number of nitrogens with two attached hydrogens (primary N) is 1. The van der Waals surface area contributed by atoms with E-state index in [1.807, 2.05) is 20.9 Å². The summed E-state index contributed by atoms with van der Waals surface area (Å²) in [6.45, 7) is 10.4. The van der Waals surface area contributed by atoms with Crippen molar-refractivity contribution < 1.29 is 4.74 Å². The minimum atomic E-state index is -0.353. The molecule has 0 aliphatic carbocycles. The Bertz CT molecular complexity index is 433. The molecule has 3 N–H and O–H groups in total. The van der Waals surface area contributed by atoms with Gasteiger partial charge in [0.1, 0.15) is 5.75 Å². The van der Waals surface area contributed by atoms with E-state index in [9.17, 15) is 0 Å². The lowest BCUT2D eigenvalue weighted by atomic mass is 9.84. The molecule has 1 unspecified atom stereocenters. The van der Waals surface area contributed by atoms with Crippen LogP contribution in [-0.4, -0.2) is 19.7 Å². The molecule has 0 aliphatic rings. The molecule has 3 heteroatoms. The van der Waals surface area contributed by atoms with Crippen LogP contribution in [0.2, 0.25) is 0 Å². The molecule has 0 saturated carbocycles. The summed E-state index contributed by atoms with van der Waals surface area (Å²) in [5.74, 6) is 0.949. The van der Waals surface area contributed by atoms with Crippen molar-refractivity contribution in [3.63, 3.8) is 0 Å². The second kappa shape index (κ2) is 5.29. The Morgan fingerprint density at radius 1 is 1.22 bits per heavy atom. The van der Waals surface area contributed by atoms with E-state index in [1.165, 1.54) is 16.7 Å². The Balaban J connectivity index is 3.52. The Labute approximate surface area is 111 Å². The van der Waals surface area contributed by atoms with Crippen molar-refractivity contribution in [1.82, 2.24) is 5.32 Å². The first-order valence-electron chi connectivity index (χ1n) is 6.34. The van der Waals surface area contributed by atoms with E-state index < -0.39 is 0 Å². The van der Waals surface area contributed by atoms with E-state index in [0.717, 1.165) is 11.3 Å². The van der Waals surface area contributed by atoms with E-state index >= 15 is 0 Å². The van der Waals surface area contributed by atoms with Gasteiger partial charge in [-0.05, 0) is 58.4 Å². The van der Waals surface area contributed by atoms with Gasteiger partial charge in [-0.15, -0.1) is 0 Å². The number of hydrogen-bond acceptors (Lipinski definition) is 3. The molecule has 1 atom stereocenters. The first-order valence-corrected chi connectivity index (χ1v) is 6.34. The van der Waals surface area contributed by atoms with Crippen LogP contribution < -0.4 is 15.8 Å². The summed E-state index contributed by atoms with van der Waals surface area (Å²) >= 11 is 0. The molecule has 0 fully saturated rings. The van der Waals surface area contributed by atoms with E-state index in [0.29, 0.717) is 0 Å². The SMILES string of the molecule is CNC(c1c(C)cc(C)c(C)c1OC)C(C)(C)N. The molecule has 0 saturated heterocycles. The zero-order valence-corrected chi connectivity index (χ0v) is 12.6. The molecule has 0 aromatic heterocycles. The van der Waals surface area contributed by atoms with E-state index in [-0.39, 0.29) is 11.6 Å². The molecule has 0 radical (unpaired) electrons. The van der Waals surface area contributed by atoms with Gasteiger partial charge in [0.2, 0.25) is 0 Å². The van der Waals surface area contributed by atoms with Gasteiger partial charge in [0, 0.05) is 11.1 Å². The van der Waals surface area contributed by atoms with Crippen LogP contribution in [-0.2, 0) is 0 Å². The third kappa shape index (κ3) is 2.68. The number of ether oxygens (including phenoxy) is 1. The lowest BCUT2D eigenvalue weighted by Gasteiger charge is -2.33. The standard InChI is InChI=1S/C15H26N2O/c1-9-8-10(2)12(13(18-7)11(9)3)14(17-6)15(4,5)16/h8,14,17H,16H2,1-7H3. The summed E-state index contributed by atoms with van der Waals surface area (Å²) in [5.41, 5.74) is 10.7. The van der Waals surface area contributed by atoms with Crippen molar-refractivity contribution in [2.45, 2.75) is 46.2 Å². The Morgan fingerprint density at radius 3 is 2.17 bits per heavy atom. The first-order chi connectivity index (χ1) is 8.23. The fourth-order valence-corrected chi connectivity index (χ4v) is 2.58. The summed E-state index contributed by atoms with van der Waals surface area (Å²) < 4.78 is 5.62. The van der Waals surface area contributed by atoms with Crippen LogP contribution in [0.4, 0.5) is 0 Å². The largest absolute Gasteiger partial charge is 0.496 e. The minimum Gasteiger partial charge on any atom is -0.496 e. The summed E-state index contributed by atoms with van der Waals surface area (Å²) in [4.78, 5) is 0. The van der Waals surface area contributed by atoms with Gasteiger partial charge in [0.05, 0.1) is 13.2 Å². The normalized spacial score (nSPS) is 13.6. The van der Waals surface area contributed by atoms with Crippen molar-refractivity contribution in [2.75, 3.05) is 14.2 Å². The predicted molar refractivity (Wildman–Crippen MR) is 77.3 cm³/mol. The molecular formula is C15H26N2O. The maximum absolute atomic E-state index is 6.28. The maximum Gasteiger partial charge on any atom is 0.127 e. The van der Waals surface area contributed by atoms with Gasteiger partial charge in [0.15, 0.2) is 0 Å². The van der Waals surface area contributed by atoms with Crippen LogP contribution in [0.25, 0.3) is 0 Å².